The van der Waals surface area contributed by atoms with Gasteiger partial charge in [-0.3, -0.25) is 9.71 Å². The molecule has 0 atom stereocenters. The maximum atomic E-state index is 12.5. The van der Waals surface area contributed by atoms with E-state index in [4.69, 9.17) is 11.6 Å². The largest absolute Gasteiger partial charge is 0.419 e. The minimum atomic E-state index is -3.95. The second kappa shape index (κ2) is 5.81. The summed E-state index contributed by atoms with van der Waals surface area (Å²) in [4.78, 5) is 25.0. The van der Waals surface area contributed by atoms with Crippen LogP contribution in [0.2, 0.25) is 5.02 Å². The Kier molecular flexibility index (Phi) is 3.94. The molecule has 3 aromatic rings. The van der Waals surface area contributed by atoms with Crippen molar-refractivity contribution in [2.24, 2.45) is 0 Å². The van der Waals surface area contributed by atoms with Gasteiger partial charge in [-0.15, -0.1) is 0 Å². The molecule has 124 valence electrons. The number of H-pyrrole nitrogens is 1. The molecule has 0 saturated carbocycles. The fourth-order valence-corrected chi connectivity index (χ4v) is 3.47. The molecule has 2 N–H and O–H groups in total. The number of anilines is 1. The SMILES string of the molecule is Cc1ccc(Cl)cc1NS(=O)(=O)c1ccc2[nH]c(=O)oc(=O)c2c1. The zero-order valence-corrected chi connectivity index (χ0v) is 13.9. The van der Waals surface area contributed by atoms with E-state index >= 15 is 0 Å². The van der Waals surface area contributed by atoms with Gasteiger partial charge in [0.05, 0.1) is 21.5 Å². The van der Waals surface area contributed by atoms with Crippen molar-refractivity contribution in [1.29, 1.82) is 0 Å². The Morgan fingerprint density at radius 3 is 2.62 bits per heavy atom. The number of aromatic nitrogens is 1. The maximum Gasteiger partial charge on any atom is 0.419 e. The van der Waals surface area contributed by atoms with Gasteiger partial charge in [-0.05, 0) is 42.8 Å². The van der Waals surface area contributed by atoms with Crippen LogP contribution in [0.4, 0.5) is 5.69 Å². The first kappa shape index (κ1) is 16.3. The third-order valence-corrected chi connectivity index (χ3v) is 4.99. The quantitative estimate of drug-likeness (QED) is 0.738. The van der Waals surface area contributed by atoms with Crippen molar-refractivity contribution < 1.29 is 12.8 Å². The summed E-state index contributed by atoms with van der Waals surface area (Å²) in [5.41, 5.74) is 0.294. The van der Waals surface area contributed by atoms with Crippen LogP contribution in [0.5, 0.6) is 0 Å². The highest BCUT2D eigenvalue weighted by molar-refractivity contribution is 7.92. The van der Waals surface area contributed by atoms with Gasteiger partial charge >= 0.3 is 11.4 Å². The topological polar surface area (TPSA) is 109 Å². The van der Waals surface area contributed by atoms with Gasteiger partial charge in [-0.2, -0.15) is 0 Å². The van der Waals surface area contributed by atoms with Gasteiger partial charge in [-0.25, -0.2) is 18.0 Å². The van der Waals surface area contributed by atoms with E-state index < -0.39 is 21.4 Å². The van der Waals surface area contributed by atoms with Crippen molar-refractivity contribution in [1.82, 2.24) is 4.98 Å². The lowest BCUT2D eigenvalue weighted by atomic mass is 10.2. The van der Waals surface area contributed by atoms with E-state index in [-0.39, 0.29) is 15.8 Å². The molecule has 1 aromatic heterocycles. The summed E-state index contributed by atoms with van der Waals surface area (Å²) in [5.74, 6) is -0.907. The highest BCUT2D eigenvalue weighted by Crippen LogP contribution is 2.24. The Hall–Kier alpha value is -2.58. The molecular formula is C15H11ClN2O5S. The molecule has 0 radical (unpaired) electrons. The smallest absolute Gasteiger partial charge is 0.372 e. The highest BCUT2D eigenvalue weighted by Gasteiger charge is 2.17. The summed E-state index contributed by atoms with van der Waals surface area (Å²) in [6.07, 6.45) is 0. The Morgan fingerprint density at radius 1 is 1.12 bits per heavy atom. The summed E-state index contributed by atoms with van der Waals surface area (Å²) < 4.78 is 31.9. The number of fused-ring (bicyclic) bond motifs is 1. The third kappa shape index (κ3) is 3.06. The Bertz CT molecular complexity index is 1160. The normalized spacial score (nSPS) is 11.6. The van der Waals surface area contributed by atoms with Crippen LogP contribution in [0.1, 0.15) is 5.56 Å². The van der Waals surface area contributed by atoms with Gasteiger partial charge in [0.2, 0.25) is 0 Å². The maximum absolute atomic E-state index is 12.5. The molecule has 0 saturated heterocycles. The highest BCUT2D eigenvalue weighted by atomic mass is 35.5. The number of aromatic amines is 1. The molecule has 0 aliphatic rings. The molecule has 24 heavy (non-hydrogen) atoms. The standard InChI is InChI=1S/C15H11ClN2O5S/c1-8-2-3-9(16)6-13(8)18-24(21,22)10-4-5-12-11(7-10)14(19)23-15(20)17-12/h2-7,18H,1H3,(H,17,20). The van der Waals surface area contributed by atoms with Gasteiger partial charge in [0.25, 0.3) is 10.0 Å². The van der Waals surface area contributed by atoms with Gasteiger partial charge in [0.1, 0.15) is 0 Å². The lowest BCUT2D eigenvalue weighted by molar-refractivity contribution is 0.460. The molecule has 0 amide bonds. The summed E-state index contributed by atoms with van der Waals surface area (Å²) in [6.45, 7) is 1.73. The first-order chi connectivity index (χ1) is 11.3. The van der Waals surface area contributed by atoms with E-state index in [1.165, 1.54) is 18.2 Å². The van der Waals surface area contributed by atoms with Crippen molar-refractivity contribution >= 4 is 38.2 Å². The number of rotatable bonds is 3. The molecular weight excluding hydrogens is 356 g/mol. The van der Waals surface area contributed by atoms with Crippen molar-refractivity contribution in [2.75, 3.05) is 4.72 Å². The molecule has 0 aliphatic heterocycles. The Balaban J connectivity index is 2.10. The van der Waals surface area contributed by atoms with Gasteiger partial charge < -0.3 is 4.42 Å². The minimum absolute atomic E-state index is 0.0414. The number of nitrogens with one attached hydrogen (secondary N) is 2. The summed E-state index contributed by atoms with van der Waals surface area (Å²) >= 11 is 5.88. The number of benzene rings is 2. The van der Waals surface area contributed by atoms with Crippen molar-refractivity contribution in [2.45, 2.75) is 11.8 Å². The number of sulfonamides is 1. The van der Waals surface area contributed by atoms with Gasteiger partial charge in [0.15, 0.2) is 0 Å². The van der Waals surface area contributed by atoms with Gasteiger partial charge in [-0.1, -0.05) is 17.7 Å². The lowest BCUT2D eigenvalue weighted by Gasteiger charge is -2.11. The van der Waals surface area contributed by atoms with Crippen molar-refractivity contribution in [3.63, 3.8) is 0 Å². The molecule has 0 unspecified atom stereocenters. The van der Waals surface area contributed by atoms with Crippen LogP contribution in [0, 0.1) is 6.92 Å². The van der Waals surface area contributed by atoms with Crippen LogP contribution in [0.25, 0.3) is 10.9 Å². The van der Waals surface area contributed by atoms with Crippen LogP contribution < -0.4 is 16.1 Å². The fraction of sp³-hybridized carbons (Fsp3) is 0.0667. The second-order valence-corrected chi connectivity index (χ2v) is 7.19. The van der Waals surface area contributed by atoms with E-state index in [2.05, 4.69) is 14.1 Å². The van der Waals surface area contributed by atoms with Crippen molar-refractivity contribution in [3.8, 4) is 0 Å². The van der Waals surface area contributed by atoms with Crippen molar-refractivity contribution in [3.05, 3.63) is 68.0 Å². The molecule has 0 spiro atoms. The molecule has 3 rings (SSSR count). The lowest BCUT2D eigenvalue weighted by Crippen LogP contribution is -2.17. The zero-order valence-electron chi connectivity index (χ0n) is 12.3. The van der Waals surface area contributed by atoms with E-state index in [0.717, 1.165) is 6.07 Å². The average molecular weight is 367 g/mol. The van der Waals surface area contributed by atoms with Crippen LogP contribution in [0.3, 0.4) is 0 Å². The predicted octanol–water partition coefficient (Wildman–Crippen LogP) is 2.24. The molecule has 0 bridgehead atoms. The third-order valence-electron chi connectivity index (χ3n) is 3.39. The number of halogens is 1. The van der Waals surface area contributed by atoms with E-state index in [9.17, 15) is 18.0 Å². The van der Waals surface area contributed by atoms with Crippen LogP contribution >= 0.6 is 11.6 Å². The monoisotopic (exact) mass is 366 g/mol. The molecule has 0 aliphatic carbocycles. The summed E-state index contributed by atoms with van der Waals surface area (Å²) in [5, 5.41) is 0.343. The van der Waals surface area contributed by atoms with E-state index in [1.54, 1.807) is 19.1 Å². The molecule has 2 aromatic carbocycles. The average Bonchev–Trinajstić information content (AvgIpc) is 2.50. The molecule has 0 fully saturated rings. The first-order valence-electron chi connectivity index (χ1n) is 6.72. The Labute approximate surface area is 140 Å². The molecule has 7 nitrogen and oxygen atoms in total. The predicted molar refractivity (Wildman–Crippen MR) is 90.1 cm³/mol. The molecule has 1 heterocycles. The zero-order chi connectivity index (χ0) is 17.5. The fourth-order valence-electron chi connectivity index (χ4n) is 2.15. The summed E-state index contributed by atoms with van der Waals surface area (Å²) in [6, 6.07) is 8.56. The van der Waals surface area contributed by atoms with E-state index in [0.29, 0.717) is 16.3 Å². The number of hydrogen-bond acceptors (Lipinski definition) is 5. The van der Waals surface area contributed by atoms with Crippen LogP contribution in [-0.4, -0.2) is 13.4 Å². The molecule has 9 heteroatoms. The summed E-state index contributed by atoms with van der Waals surface area (Å²) in [7, 11) is -3.95. The Morgan fingerprint density at radius 2 is 1.88 bits per heavy atom. The first-order valence-corrected chi connectivity index (χ1v) is 8.58. The second-order valence-electron chi connectivity index (χ2n) is 5.07. The minimum Gasteiger partial charge on any atom is -0.372 e. The van der Waals surface area contributed by atoms with Crippen LogP contribution in [0.15, 0.2) is 55.3 Å². The number of hydrogen-bond donors (Lipinski definition) is 2. The van der Waals surface area contributed by atoms with E-state index in [1.807, 2.05) is 0 Å². The van der Waals surface area contributed by atoms with Gasteiger partial charge in [0, 0.05) is 5.02 Å². The van der Waals surface area contributed by atoms with Crippen LogP contribution in [-0.2, 0) is 10.0 Å². The number of aryl methyl sites for hydroxylation is 1.